The zero-order valence-electron chi connectivity index (χ0n) is 16.9. The molecule has 2 atom stereocenters. The Labute approximate surface area is 170 Å². The maximum atomic E-state index is 12.3. The topological polar surface area (TPSA) is 106 Å². The maximum absolute atomic E-state index is 12.3. The molecule has 1 amide bonds. The average molecular weight is 400 g/mol. The lowest BCUT2D eigenvalue weighted by molar-refractivity contribution is -0.121. The summed E-state index contributed by atoms with van der Waals surface area (Å²) in [5.41, 5.74) is 0.659. The van der Waals surface area contributed by atoms with E-state index in [-0.39, 0.29) is 42.2 Å². The number of amides is 1. The summed E-state index contributed by atoms with van der Waals surface area (Å²) in [6.07, 6.45) is 3.59. The van der Waals surface area contributed by atoms with Crippen LogP contribution in [0.3, 0.4) is 0 Å². The minimum atomic E-state index is -0.332. The fourth-order valence-corrected chi connectivity index (χ4v) is 3.01. The third kappa shape index (κ3) is 6.12. The van der Waals surface area contributed by atoms with Crippen molar-refractivity contribution in [3.63, 3.8) is 0 Å². The van der Waals surface area contributed by atoms with E-state index in [1.807, 2.05) is 31.2 Å². The van der Waals surface area contributed by atoms with E-state index in [9.17, 15) is 9.59 Å². The number of hydrogen-bond acceptors (Lipinski definition) is 6. The number of aromatic amines is 1. The van der Waals surface area contributed by atoms with E-state index < -0.39 is 0 Å². The van der Waals surface area contributed by atoms with Gasteiger partial charge in [0.05, 0.1) is 12.2 Å². The van der Waals surface area contributed by atoms with Crippen LogP contribution in [0.1, 0.15) is 45.2 Å². The molecule has 1 aromatic heterocycles. The summed E-state index contributed by atoms with van der Waals surface area (Å²) in [6.45, 7) is 5.34. The number of ether oxygens (including phenoxy) is 2. The van der Waals surface area contributed by atoms with E-state index in [0.717, 1.165) is 37.2 Å². The molecule has 29 heavy (non-hydrogen) atoms. The number of rotatable bonds is 9. The van der Waals surface area contributed by atoms with Crippen molar-refractivity contribution in [2.75, 3.05) is 13.2 Å². The third-order valence-corrected chi connectivity index (χ3v) is 4.94. The van der Waals surface area contributed by atoms with Gasteiger partial charge < -0.3 is 19.8 Å². The molecule has 156 valence electrons. The van der Waals surface area contributed by atoms with E-state index in [2.05, 4.69) is 27.4 Å². The van der Waals surface area contributed by atoms with Gasteiger partial charge in [-0.05, 0) is 50.5 Å². The van der Waals surface area contributed by atoms with Crippen LogP contribution in [0.2, 0.25) is 0 Å². The van der Waals surface area contributed by atoms with E-state index >= 15 is 0 Å². The Balaban J connectivity index is 1.54. The molecular formula is C21H28N4O4. The molecule has 8 nitrogen and oxygen atoms in total. The molecule has 0 saturated carbocycles. The molecule has 1 aliphatic heterocycles. The zero-order chi connectivity index (χ0) is 20.6. The lowest BCUT2D eigenvalue weighted by Crippen LogP contribution is -2.32. The van der Waals surface area contributed by atoms with Crippen molar-refractivity contribution in [2.45, 2.75) is 58.2 Å². The van der Waals surface area contributed by atoms with Crippen LogP contribution in [-0.4, -0.2) is 46.4 Å². The van der Waals surface area contributed by atoms with Crippen molar-refractivity contribution in [1.82, 2.24) is 20.5 Å². The van der Waals surface area contributed by atoms with Gasteiger partial charge in [-0.1, -0.05) is 6.92 Å². The second-order valence-corrected chi connectivity index (χ2v) is 7.25. The summed E-state index contributed by atoms with van der Waals surface area (Å²) >= 11 is 0. The van der Waals surface area contributed by atoms with Crippen LogP contribution >= 0.6 is 0 Å². The largest absolute Gasteiger partial charge is 0.491 e. The summed E-state index contributed by atoms with van der Waals surface area (Å²) in [4.78, 5) is 27.0. The number of nitrogens with zero attached hydrogens (tertiary/aromatic N) is 2. The monoisotopic (exact) mass is 400 g/mol. The van der Waals surface area contributed by atoms with E-state index in [4.69, 9.17) is 9.47 Å². The van der Waals surface area contributed by atoms with Gasteiger partial charge in [0.2, 0.25) is 5.91 Å². The van der Waals surface area contributed by atoms with Gasteiger partial charge in [-0.15, -0.1) is 10.2 Å². The SMILES string of the molecule is CC[C@H](C)Oc1ccc(-c2nnc(CCC(=O)NC[C@@H]3CCCO3)c(=O)[nH]2)cc1. The molecule has 3 rings (SSSR count). The number of benzene rings is 1. The first-order valence-electron chi connectivity index (χ1n) is 10.2. The first-order chi connectivity index (χ1) is 14.0. The number of aromatic nitrogens is 3. The van der Waals surface area contributed by atoms with Crippen LogP contribution in [0.25, 0.3) is 11.4 Å². The fraction of sp³-hybridized carbons (Fsp3) is 0.524. The van der Waals surface area contributed by atoms with Crippen molar-refractivity contribution in [3.05, 3.63) is 40.3 Å². The Bertz CT molecular complexity index is 860. The van der Waals surface area contributed by atoms with Crippen LogP contribution in [0.15, 0.2) is 29.1 Å². The molecule has 0 spiro atoms. The molecule has 0 radical (unpaired) electrons. The smallest absolute Gasteiger partial charge is 0.273 e. The van der Waals surface area contributed by atoms with Crippen LogP contribution in [0.4, 0.5) is 0 Å². The highest BCUT2D eigenvalue weighted by Crippen LogP contribution is 2.19. The minimum absolute atomic E-state index is 0.100. The Morgan fingerprint density at radius 1 is 1.34 bits per heavy atom. The Hall–Kier alpha value is -2.74. The van der Waals surface area contributed by atoms with E-state index in [1.165, 1.54) is 0 Å². The number of nitrogens with one attached hydrogen (secondary N) is 2. The van der Waals surface area contributed by atoms with Gasteiger partial charge in [-0.25, -0.2) is 0 Å². The van der Waals surface area contributed by atoms with Crippen LogP contribution in [0.5, 0.6) is 5.75 Å². The predicted molar refractivity (Wildman–Crippen MR) is 109 cm³/mol. The summed E-state index contributed by atoms with van der Waals surface area (Å²) in [7, 11) is 0. The second-order valence-electron chi connectivity index (χ2n) is 7.25. The van der Waals surface area contributed by atoms with E-state index in [1.54, 1.807) is 0 Å². The maximum Gasteiger partial charge on any atom is 0.273 e. The van der Waals surface area contributed by atoms with Crippen molar-refractivity contribution < 1.29 is 14.3 Å². The zero-order valence-corrected chi connectivity index (χ0v) is 16.9. The Morgan fingerprint density at radius 2 is 2.14 bits per heavy atom. The molecule has 1 aliphatic rings. The third-order valence-electron chi connectivity index (χ3n) is 4.94. The van der Waals surface area contributed by atoms with Crippen molar-refractivity contribution in [3.8, 4) is 17.1 Å². The molecule has 1 fully saturated rings. The summed E-state index contributed by atoms with van der Waals surface area (Å²) in [5, 5.41) is 11.0. The first kappa shape index (κ1) is 21.0. The molecular weight excluding hydrogens is 372 g/mol. The van der Waals surface area contributed by atoms with Crippen molar-refractivity contribution in [2.24, 2.45) is 0 Å². The summed E-state index contributed by atoms with van der Waals surface area (Å²) < 4.78 is 11.2. The van der Waals surface area contributed by atoms with Gasteiger partial charge in [0, 0.05) is 31.6 Å². The minimum Gasteiger partial charge on any atom is -0.491 e. The summed E-state index contributed by atoms with van der Waals surface area (Å²) in [5.74, 6) is 1.03. The number of aryl methyl sites for hydroxylation is 1. The molecule has 1 aromatic carbocycles. The molecule has 0 bridgehead atoms. The number of hydrogen-bond donors (Lipinski definition) is 2. The van der Waals surface area contributed by atoms with Crippen LogP contribution in [0, 0.1) is 0 Å². The van der Waals surface area contributed by atoms with Gasteiger partial charge in [0.25, 0.3) is 5.56 Å². The highest BCUT2D eigenvalue weighted by Gasteiger charge is 2.16. The van der Waals surface area contributed by atoms with Gasteiger partial charge in [0.1, 0.15) is 11.4 Å². The van der Waals surface area contributed by atoms with Crippen LogP contribution in [-0.2, 0) is 16.0 Å². The molecule has 0 unspecified atom stereocenters. The highest BCUT2D eigenvalue weighted by atomic mass is 16.5. The van der Waals surface area contributed by atoms with Crippen molar-refractivity contribution >= 4 is 5.91 Å². The average Bonchev–Trinajstić information content (AvgIpc) is 3.25. The normalized spacial score (nSPS) is 17.1. The second kappa shape index (κ2) is 10.2. The van der Waals surface area contributed by atoms with Gasteiger partial charge in [-0.2, -0.15) is 0 Å². The Morgan fingerprint density at radius 3 is 2.79 bits per heavy atom. The number of carbonyl (C=O) groups is 1. The highest BCUT2D eigenvalue weighted by molar-refractivity contribution is 5.76. The quantitative estimate of drug-likeness (QED) is 0.669. The van der Waals surface area contributed by atoms with Gasteiger partial charge in [-0.3, -0.25) is 9.59 Å². The Kier molecular flexibility index (Phi) is 7.35. The molecule has 1 saturated heterocycles. The number of H-pyrrole nitrogens is 1. The molecule has 8 heteroatoms. The first-order valence-corrected chi connectivity index (χ1v) is 10.2. The summed E-state index contributed by atoms with van der Waals surface area (Å²) in [6, 6.07) is 7.34. The van der Waals surface area contributed by atoms with Gasteiger partial charge >= 0.3 is 0 Å². The van der Waals surface area contributed by atoms with Crippen LogP contribution < -0.4 is 15.6 Å². The van der Waals surface area contributed by atoms with Gasteiger partial charge in [0.15, 0.2) is 5.82 Å². The molecule has 2 aromatic rings. The molecule has 2 heterocycles. The van der Waals surface area contributed by atoms with E-state index in [0.29, 0.717) is 12.4 Å². The molecule has 0 aliphatic carbocycles. The standard InChI is InChI=1S/C21H28N4O4/c1-3-14(2)29-16-8-6-15(7-9-16)20-23-21(27)18(24-25-20)10-11-19(26)22-13-17-5-4-12-28-17/h6-9,14,17H,3-5,10-13H2,1-2H3,(H,22,26)(H,23,25,27)/t14-,17-/m0/s1. The predicted octanol–water partition coefficient (Wildman–Crippen LogP) is 2.24. The lowest BCUT2D eigenvalue weighted by atomic mass is 10.2. The van der Waals surface area contributed by atoms with Crippen molar-refractivity contribution in [1.29, 1.82) is 0 Å². The molecule has 2 N–H and O–H groups in total. The lowest BCUT2D eigenvalue weighted by Gasteiger charge is -2.12. The number of carbonyl (C=O) groups excluding carboxylic acids is 1. The fourth-order valence-electron chi connectivity index (χ4n) is 3.01.